The number of piperazine rings is 1. The van der Waals surface area contributed by atoms with Crippen molar-refractivity contribution in [3.63, 3.8) is 0 Å². The Labute approximate surface area is 152 Å². The van der Waals surface area contributed by atoms with Crippen LogP contribution in [0.3, 0.4) is 0 Å². The lowest BCUT2D eigenvalue weighted by Crippen LogP contribution is -3.13. The zero-order chi connectivity index (χ0) is 17.9. The Morgan fingerprint density at radius 3 is 2.81 bits per heavy atom. The zero-order valence-corrected chi connectivity index (χ0v) is 15.1. The van der Waals surface area contributed by atoms with Gasteiger partial charge in [-0.05, 0) is 24.6 Å². The predicted molar refractivity (Wildman–Crippen MR) is 98.0 cm³/mol. The van der Waals surface area contributed by atoms with Gasteiger partial charge < -0.3 is 19.3 Å². The van der Waals surface area contributed by atoms with Gasteiger partial charge >= 0.3 is 0 Å². The molecule has 2 N–H and O–H groups in total. The molecule has 7 heteroatoms. The first-order chi connectivity index (χ1) is 12.7. The topological polar surface area (TPSA) is 71.9 Å². The molecule has 0 unspecified atom stereocenters. The molecule has 1 aromatic carbocycles. The van der Waals surface area contributed by atoms with Gasteiger partial charge in [0.15, 0.2) is 11.5 Å². The molecule has 7 nitrogen and oxygen atoms in total. The second kappa shape index (κ2) is 7.37. The van der Waals surface area contributed by atoms with Gasteiger partial charge in [0.25, 0.3) is 5.56 Å². The van der Waals surface area contributed by atoms with Crippen molar-refractivity contribution in [1.29, 1.82) is 0 Å². The van der Waals surface area contributed by atoms with Crippen molar-refractivity contribution in [2.45, 2.75) is 26.3 Å². The number of hydrogen-bond donors (Lipinski definition) is 2. The van der Waals surface area contributed by atoms with Crippen LogP contribution in [-0.2, 0) is 13.0 Å². The molecule has 1 saturated heterocycles. The number of aryl methyl sites for hydroxylation is 1. The van der Waals surface area contributed by atoms with E-state index >= 15 is 0 Å². The molecule has 0 amide bonds. The zero-order valence-electron chi connectivity index (χ0n) is 15.1. The number of benzene rings is 1. The lowest BCUT2D eigenvalue weighted by atomic mass is 10.1. The maximum atomic E-state index is 11.9. The van der Waals surface area contributed by atoms with E-state index in [-0.39, 0.29) is 5.56 Å². The molecule has 4 rings (SSSR count). The largest absolute Gasteiger partial charge is 0.454 e. The first-order valence-electron chi connectivity index (χ1n) is 9.28. The number of ether oxygens (including phenoxy) is 2. The van der Waals surface area contributed by atoms with Crippen LogP contribution in [0.2, 0.25) is 0 Å². The van der Waals surface area contributed by atoms with Crippen molar-refractivity contribution in [1.82, 2.24) is 9.97 Å². The summed E-state index contributed by atoms with van der Waals surface area (Å²) in [5.74, 6) is 2.38. The summed E-state index contributed by atoms with van der Waals surface area (Å²) in [5.41, 5.74) is 2.07. The van der Waals surface area contributed by atoms with Crippen LogP contribution in [0.25, 0.3) is 0 Å². The van der Waals surface area contributed by atoms with Gasteiger partial charge in [-0.2, -0.15) is 0 Å². The van der Waals surface area contributed by atoms with Crippen LogP contribution in [0.1, 0.15) is 24.6 Å². The molecule has 0 bridgehead atoms. The SMILES string of the molecule is CCCc1cc(=O)[nH]c(N2CC[NH+](Cc3ccc4c(c3)OCO4)CC2)n1. The predicted octanol–water partition coefficient (Wildman–Crippen LogP) is 0.356. The number of nitrogens with one attached hydrogen (secondary N) is 2. The fraction of sp³-hybridized carbons (Fsp3) is 0.474. The Bertz CT molecular complexity index is 828. The maximum absolute atomic E-state index is 11.9. The standard InChI is InChI=1S/C19H24N4O3/c1-2-3-15-11-18(24)21-19(20-15)23-8-6-22(7-9-23)12-14-4-5-16-17(10-14)26-13-25-16/h4-5,10-11H,2-3,6-9,12-13H2,1H3,(H,20,21,24)/p+1. The molecule has 138 valence electrons. The summed E-state index contributed by atoms with van der Waals surface area (Å²) < 4.78 is 10.8. The van der Waals surface area contributed by atoms with Crippen molar-refractivity contribution >= 4 is 5.95 Å². The highest BCUT2D eigenvalue weighted by molar-refractivity contribution is 5.44. The van der Waals surface area contributed by atoms with E-state index in [1.54, 1.807) is 6.07 Å². The number of aromatic amines is 1. The fourth-order valence-electron chi connectivity index (χ4n) is 3.58. The second-order valence-corrected chi connectivity index (χ2v) is 6.91. The van der Waals surface area contributed by atoms with E-state index in [0.29, 0.717) is 12.7 Å². The summed E-state index contributed by atoms with van der Waals surface area (Å²) in [7, 11) is 0. The smallest absolute Gasteiger partial charge is 0.252 e. The summed E-state index contributed by atoms with van der Waals surface area (Å²) in [6.45, 7) is 7.17. The van der Waals surface area contributed by atoms with E-state index in [1.807, 2.05) is 6.07 Å². The van der Waals surface area contributed by atoms with Crippen LogP contribution in [0, 0.1) is 0 Å². The molecule has 3 heterocycles. The molecule has 0 aliphatic carbocycles. The summed E-state index contributed by atoms with van der Waals surface area (Å²) >= 11 is 0. The first-order valence-corrected chi connectivity index (χ1v) is 9.28. The number of fused-ring (bicyclic) bond motifs is 1. The molecule has 0 atom stereocenters. The molecular weight excluding hydrogens is 332 g/mol. The van der Waals surface area contributed by atoms with Gasteiger partial charge in [-0.25, -0.2) is 4.98 Å². The normalized spacial score (nSPS) is 16.9. The molecular formula is C19H25N4O3+. The Balaban J connectivity index is 1.37. The summed E-state index contributed by atoms with van der Waals surface area (Å²) in [6.07, 6.45) is 1.83. The van der Waals surface area contributed by atoms with E-state index in [2.05, 4.69) is 33.9 Å². The highest BCUT2D eigenvalue weighted by Crippen LogP contribution is 2.32. The number of H-pyrrole nitrogens is 1. The number of nitrogens with zero attached hydrogens (tertiary/aromatic N) is 2. The highest BCUT2D eigenvalue weighted by atomic mass is 16.7. The monoisotopic (exact) mass is 357 g/mol. The van der Waals surface area contributed by atoms with Crippen molar-refractivity contribution in [2.24, 2.45) is 0 Å². The van der Waals surface area contributed by atoms with E-state index in [4.69, 9.17) is 9.47 Å². The van der Waals surface area contributed by atoms with Gasteiger partial charge in [0, 0.05) is 17.3 Å². The Kier molecular flexibility index (Phi) is 4.79. The fourth-order valence-corrected chi connectivity index (χ4v) is 3.58. The molecule has 2 aliphatic heterocycles. The van der Waals surface area contributed by atoms with Crippen molar-refractivity contribution in [2.75, 3.05) is 37.9 Å². The van der Waals surface area contributed by atoms with Crippen LogP contribution in [0.5, 0.6) is 11.5 Å². The average Bonchev–Trinajstić information content (AvgIpc) is 3.10. The van der Waals surface area contributed by atoms with Gasteiger partial charge in [-0.1, -0.05) is 13.3 Å². The van der Waals surface area contributed by atoms with Crippen LogP contribution in [-0.4, -0.2) is 42.9 Å². The van der Waals surface area contributed by atoms with E-state index in [9.17, 15) is 4.79 Å². The van der Waals surface area contributed by atoms with Gasteiger partial charge in [0.05, 0.1) is 26.2 Å². The molecule has 1 fully saturated rings. The number of aromatic nitrogens is 2. The third kappa shape index (κ3) is 3.67. The Morgan fingerprint density at radius 2 is 2.00 bits per heavy atom. The first kappa shape index (κ1) is 16.9. The molecule has 0 radical (unpaired) electrons. The minimum Gasteiger partial charge on any atom is -0.454 e. The number of anilines is 1. The molecule has 0 saturated carbocycles. The molecule has 2 aromatic rings. The van der Waals surface area contributed by atoms with Gasteiger partial charge in [0.2, 0.25) is 12.7 Å². The van der Waals surface area contributed by atoms with E-state index in [1.165, 1.54) is 10.5 Å². The second-order valence-electron chi connectivity index (χ2n) is 6.91. The molecule has 0 spiro atoms. The molecule has 2 aliphatic rings. The lowest BCUT2D eigenvalue weighted by molar-refractivity contribution is -0.914. The molecule has 26 heavy (non-hydrogen) atoms. The number of rotatable bonds is 5. The van der Waals surface area contributed by atoms with Crippen LogP contribution < -0.4 is 24.8 Å². The summed E-state index contributed by atoms with van der Waals surface area (Å²) in [5, 5.41) is 0. The minimum absolute atomic E-state index is 0.0615. The molecule has 1 aromatic heterocycles. The third-order valence-electron chi connectivity index (χ3n) is 4.95. The van der Waals surface area contributed by atoms with E-state index in [0.717, 1.165) is 62.8 Å². The van der Waals surface area contributed by atoms with Gasteiger partial charge in [0.1, 0.15) is 6.54 Å². The van der Waals surface area contributed by atoms with Gasteiger partial charge in [-0.3, -0.25) is 9.78 Å². The van der Waals surface area contributed by atoms with Crippen LogP contribution >= 0.6 is 0 Å². The third-order valence-corrected chi connectivity index (χ3v) is 4.95. The van der Waals surface area contributed by atoms with Gasteiger partial charge in [-0.15, -0.1) is 0 Å². The van der Waals surface area contributed by atoms with E-state index < -0.39 is 0 Å². The Hall–Kier alpha value is -2.54. The lowest BCUT2D eigenvalue weighted by Gasteiger charge is -2.32. The van der Waals surface area contributed by atoms with Crippen molar-refractivity contribution in [3.05, 3.63) is 45.9 Å². The quantitative estimate of drug-likeness (QED) is 0.808. The average molecular weight is 357 g/mol. The van der Waals surface area contributed by atoms with Crippen molar-refractivity contribution < 1.29 is 14.4 Å². The summed E-state index contributed by atoms with van der Waals surface area (Å²) in [6, 6.07) is 7.78. The maximum Gasteiger partial charge on any atom is 0.252 e. The minimum atomic E-state index is -0.0615. The number of hydrogen-bond acceptors (Lipinski definition) is 5. The summed E-state index contributed by atoms with van der Waals surface area (Å²) in [4.78, 5) is 23.1. The van der Waals surface area contributed by atoms with Crippen molar-refractivity contribution in [3.8, 4) is 11.5 Å². The van der Waals surface area contributed by atoms with Crippen LogP contribution in [0.15, 0.2) is 29.1 Å². The highest BCUT2D eigenvalue weighted by Gasteiger charge is 2.23. The number of quaternary nitrogens is 1. The Morgan fingerprint density at radius 1 is 1.19 bits per heavy atom. The van der Waals surface area contributed by atoms with Crippen LogP contribution in [0.4, 0.5) is 5.95 Å².